The van der Waals surface area contributed by atoms with Gasteiger partial charge in [0, 0.05) is 19.3 Å². The topological polar surface area (TPSA) is 73.4 Å². The summed E-state index contributed by atoms with van der Waals surface area (Å²) in [5.74, 6) is -1.15. The van der Waals surface area contributed by atoms with Gasteiger partial charge in [0.1, 0.15) is 5.69 Å². The number of carbonyl (C=O) groups excluding carboxylic acids is 1. The minimum atomic E-state index is -1.03. The summed E-state index contributed by atoms with van der Waals surface area (Å²) in [5.41, 5.74) is 1.71. The number of unbranched alkanes of at least 4 members (excludes halogenated alkanes) is 2. The third kappa shape index (κ3) is 3.36. The summed E-state index contributed by atoms with van der Waals surface area (Å²) in [5, 5.41) is 9.04. The summed E-state index contributed by atoms with van der Waals surface area (Å²) in [4.78, 5) is 27.8. The Labute approximate surface area is 113 Å². The fourth-order valence-electron chi connectivity index (χ4n) is 2.18. The van der Waals surface area contributed by atoms with E-state index in [4.69, 9.17) is 5.11 Å². The maximum Gasteiger partial charge on any atom is 0.352 e. The van der Waals surface area contributed by atoms with Crippen LogP contribution in [0.3, 0.4) is 0 Å². The van der Waals surface area contributed by atoms with Gasteiger partial charge in [-0.1, -0.05) is 19.8 Å². The maximum atomic E-state index is 12.3. The molecule has 1 rings (SSSR count). The van der Waals surface area contributed by atoms with Gasteiger partial charge in [-0.25, -0.2) is 4.79 Å². The second-order valence-corrected chi connectivity index (χ2v) is 4.86. The molecule has 5 nitrogen and oxygen atoms in total. The quantitative estimate of drug-likeness (QED) is 0.777. The molecule has 0 aliphatic heterocycles. The van der Waals surface area contributed by atoms with Gasteiger partial charge in [-0.2, -0.15) is 0 Å². The highest BCUT2D eigenvalue weighted by Crippen LogP contribution is 2.19. The SMILES string of the molecule is CCCCCN(C)C(=O)c1c(C)[nH]c(C(=O)O)c1C. The molecule has 1 amide bonds. The number of hydrogen-bond acceptors (Lipinski definition) is 2. The van der Waals surface area contributed by atoms with Gasteiger partial charge in [-0.15, -0.1) is 0 Å². The van der Waals surface area contributed by atoms with Crippen molar-refractivity contribution in [1.29, 1.82) is 0 Å². The van der Waals surface area contributed by atoms with Gasteiger partial charge in [0.15, 0.2) is 0 Å². The molecule has 0 bridgehead atoms. The number of aromatic amines is 1. The third-order valence-corrected chi connectivity index (χ3v) is 3.31. The van der Waals surface area contributed by atoms with E-state index in [0.717, 1.165) is 19.3 Å². The number of hydrogen-bond donors (Lipinski definition) is 2. The van der Waals surface area contributed by atoms with Crippen LogP contribution in [0, 0.1) is 13.8 Å². The molecule has 0 aliphatic carbocycles. The highest BCUT2D eigenvalue weighted by molar-refractivity contribution is 6.00. The Morgan fingerprint density at radius 2 is 1.89 bits per heavy atom. The highest BCUT2D eigenvalue weighted by atomic mass is 16.4. The minimum Gasteiger partial charge on any atom is -0.477 e. The second kappa shape index (κ2) is 6.41. The number of amides is 1. The standard InChI is InChI=1S/C14H22N2O3/c1-5-6-7-8-16(4)13(17)11-9(2)12(14(18)19)15-10(11)3/h15H,5-8H2,1-4H3,(H,18,19). The van der Waals surface area contributed by atoms with Gasteiger partial charge in [0.25, 0.3) is 5.91 Å². The zero-order valence-corrected chi connectivity index (χ0v) is 12.0. The van der Waals surface area contributed by atoms with Crippen LogP contribution < -0.4 is 0 Å². The summed E-state index contributed by atoms with van der Waals surface area (Å²) in [6.45, 7) is 6.20. The molecule has 0 saturated carbocycles. The van der Waals surface area contributed by atoms with Crippen LogP contribution in [0.5, 0.6) is 0 Å². The first-order valence-electron chi connectivity index (χ1n) is 6.58. The summed E-state index contributed by atoms with van der Waals surface area (Å²) in [6, 6.07) is 0. The number of aromatic carboxylic acids is 1. The summed E-state index contributed by atoms with van der Waals surface area (Å²) < 4.78 is 0. The molecule has 19 heavy (non-hydrogen) atoms. The molecule has 0 fully saturated rings. The molecule has 0 aliphatic rings. The Morgan fingerprint density at radius 1 is 1.26 bits per heavy atom. The number of carboxylic acid groups (broad SMARTS) is 1. The van der Waals surface area contributed by atoms with E-state index in [1.807, 2.05) is 0 Å². The van der Waals surface area contributed by atoms with E-state index >= 15 is 0 Å². The van der Waals surface area contributed by atoms with Gasteiger partial charge in [0.2, 0.25) is 0 Å². The molecule has 0 saturated heterocycles. The Kier molecular flexibility index (Phi) is 5.15. The predicted molar refractivity (Wildman–Crippen MR) is 73.7 cm³/mol. The predicted octanol–water partition coefficient (Wildman–Crippen LogP) is 2.59. The van der Waals surface area contributed by atoms with Crippen LogP contribution in [0.2, 0.25) is 0 Å². The summed E-state index contributed by atoms with van der Waals surface area (Å²) in [7, 11) is 1.75. The monoisotopic (exact) mass is 266 g/mol. The van der Waals surface area contributed by atoms with Crippen molar-refractivity contribution < 1.29 is 14.7 Å². The average Bonchev–Trinajstić information content (AvgIpc) is 2.64. The molecule has 0 aromatic carbocycles. The minimum absolute atomic E-state index is 0.0998. The van der Waals surface area contributed by atoms with E-state index in [-0.39, 0.29) is 11.6 Å². The molecule has 1 aromatic heterocycles. The first kappa shape index (κ1) is 15.3. The zero-order valence-electron chi connectivity index (χ0n) is 12.0. The molecule has 1 heterocycles. The van der Waals surface area contributed by atoms with E-state index in [2.05, 4.69) is 11.9 Å². The lowest BCUT2D eigenvalue weighted by molar-refractivity contribution is 0.0690. The van der Waals surface area contributed by atoms with Gasteiger partial charge >= 0.3 is 5.97 Å². The molecule has 0 spiro atoms. The van der Waals surface area contributed by atoms with Gasteiger partial charge in [-0.3, -0.25) is 4.79 Å². The molecular formula is C14H22N2O3. The van der Waals surface area contributed by atoms with E-state index < -0.39 is 5.97 Å². The molecule has 5 heteroatoms. The van der Waals surface area contributed by atoms with Crippen LogP contribution in [0.1, 0.15) is 58.3 Å². The molecule has 1 aromatic rings. The second-order valence-electron chi connectivity index (χ2n) is 4.86. The first-order valence-corrected chi connectivity index (χ1v) is 6.58. The van der Waals surface area contributed by atoms with Crippen molar-refractivity contribution in [2.24, 2.45) is 0 Å². The van der Waals surface area contributed by atoms with Crippen molar-refractivity contribution in [3.05, 3.63) is 22.5 Å². The number of H-pyrrole nitrogens is 1. The van der Waals surface area contributed by atoms with E-state index in [9.17, 15) is 9.59 Å². The van der Waals surface area contributed by atoms with Crippen molar-refractivity contribution >= 4 is 11.9 Å². The molecule has 0 unspecified atom stereocenters. The van der Waals surface area contributed by atoms with Crippen LogP contribution in [0.25, 0.3) is 0 Å². The molecular weight excluding hydrogens is 244 g/mol. The summed E-state index contributed by atoms with van der Waals surface area (Å²) >= 11 is 0. The van der Waals surface area contributed by atoms with Gasteiger partial charge in [0.05, 0.1) is 5.56 Å². The fraction of sp³-hybridized carbons (Fsp3) is 0.571. The third-order valence-electron chi connectivity index (χ3n) is 3.31. The van der Waals surface area contributed by atoms with E-state index in [1.54, 1.807) is 25.8 Å². The number of aromatic nitrogens is 1. The van der Waals surface area contributed by atoms with Crippen LogP contribution >= 0.6 is 0 Å². The maximum absolute atomic E-state index is 12.3. The zero-order chi connectivity index (χ0) is 14.6. The fourth-order valence-corrected chi connectivity index (χ4v) is 2.18. The van der Waals surface area contributed by atoms with Crippen molar-refractivity contribution in [1.82, 2.24) is 9.88 Å². The van der Waals surface area contributed by atoms with E-state index in [1.165, 1.54) is 0 Å². The number of carboxylic acids is 1. The Balaban J connectivity index is 2.90. The number of rotatable bonds is 6. The number of aryl methyl sites for hydroxylation is 1. The molecule has 0 atom stereocenters. The smallest absolute Gasteiger partial charge is 0.352 e. The Morgan fingerprint density at radius 3 is 2.37 bits per heavy atom. The van der Waals surface area contributed by atoms with Crippen molar-refractivity contribution in [2.75, 3.05) is 13.6 Å². The lowest BCUT2D eigenvalue weighted by atomic mass is 10.1. The lowest BCUT2D eigenvalue weighted by Gasteiger charge is -2.17. The number of carbonyl (C=O) groups is 2. The highest BCUT2D eigenvalue weighted by Gasteiger charge is 2.23. The summed E-state index contributed by atoms with van der Waals surface area (Å²) in [6.07, 6.45) is 3.16. The van der Waals surface area contributed by atoms with Crippen molar-refractivity contribution in [3.63, 3.8) is 0 Å². The Hall–Kier alpha value is -1.78. The van der Waals surface area contributed by atoms with Gasteiger partial charge in [-0.05, 0) is 25.8 Å². The molecule has 2 N–H and O–H groups in total. The van der Waals surface area contributed by atoms with Gasteiger partial charge < -0.3 is 15.0 Å². The van der Waals surface area contributed by atoms with E-state index in [0.29, 0.717) is 23.4 Å². The largest absolute Gasteiger partial charge is 0.477 e. The number of nitrogens with one attached hydrogen (secondary N) is 1. The van der Waals surface area contributed by atoms with Crippen LogP contribution in [0.4, 0.5) is 0 Å². The van der Waals surface area contributed by atoms with Crippen LogP contribution in [-0.4, -0.2) is 40.5 Å². The molecule has 106 valence electrons. The lowest BCUT2D eigenvalue weighted by Crippen LogP contribution is -2.28. The van der Waals surface area contributed by atoms with Crippen molar-refractivity contribution in [3.8, 4) is 0 Å². The van der Waals surface area contributed by atoms with Crippen LogP contribution in [-0.2, 0) is 0 Å². The Bertz CT molecular complexity index is 477. The normalized spacial score (nSPS) is 10.5. The van der Waals surface area contributed by atoms with Crippen LogP contribution in [0.15, 0.2) is 0 Å². The molecule has 0 radical (unpaired) electrons. The first-order chi connectivity index (χ1) is 8.90. The number of nitrogens with zero attached hydrogens (tertiary/aromatic N) is 1. The van der Waals surface area contributed by atoms with Crippen molar-refractivity contribution in [2.45, 2.75) is 40.0 Å². The average molecular weight is 266 g/mol.